The standard InChI is InChI=1S/C19H27NO/c1-2-3-4-5-6-7-8-12-15-20-19(17-21)16-18-13-10-9-11-14-18/h6-15,19,21H,2-5,16-17H2,1H3/b7-6+,12-8+,20-15?/t19-/m0/s1. The quantitative estimate of drug-likeness (QED) is 0.387. The Hall–Kier alpha value is -1.67. The van der Waals surface area contributed by atoms with Crippen molar-refractivity contribution >= 4 is 6.21 Å². The largest absolute Gasteiger partial charge is 0.394 e. The molecule has 0 aromatic heterocycles. The van der Waals surface area contributed by atoms with E-state index in [0.717, 1.165) is 12.8 Å². The number of hydrogen-bond acceptors (Lipinski definition) is 2. The molecule has 1 aromatic rings. The van der Waals surface area contributed by atoms with Gasteiger partial charge in [-0.1, -0.05) is 68.3 Å². The molecule has 1 atom stereocenters. The fourth-order valence-corrected chi connectivity index (χ4v) is 2.02. The van der Waals surface area contributed by atoms with E-state index in [1.807, 2.05) is 30.4 Å². The predicted octanol–water partition coefficient (Wildman–Crippen LogP) is 4.35. The molecular weight excluding hydrogens is 258 g/mol. The van der Waals surface area contributed by atoms with Crippen LogP contribution in [0.15, 0.2) is 59.6 Å². The molecule has 0 unspecified atom stereocenters. The molecule has 0 amide bonds. The summed E-state index contributed by atoms with van der Waals surface area (Å²) >= 11 is 0. The summed E-state index contributed by atoms with van der Waals surface area (Å²) in [7, 11) is 0. The van der Waals surface area contributed by atoms with Crippen LogP contribution >= 0.6 is 0 Å². The van der Waals surface area contributed by atoms with Gasteiger partial charge in [-0.15, -0.1) is 0 Å². The van der Waals surface area contributed by atoms with Gasteiger partial charge in [0, 0.05) is 6.21 Å². The highest BCUT2D eigenvalue weighted by molar-refractivity contribution is 5.71. The van der Waals surface area contributed by atoms with Gasteiger partial charge in [-0.3, -0.25) is 4.99 Å². The third-order valence-electron chi connectivity index (χ3n) is 3.24. The van der Waals surface area contributed by atoms with Gasteiger partial charge in [0.2, 0.25) is 0 Å². The Bertz CT molecular complexity index is 434. The number of aliphatic hydroxyl groups is 1. The summed E-state index contributed by atoms with van der Waals surface area (Å²) in [6.07, 6.45) is 15.7. The zero-order valence-electron chi connectivity index (χ0n) is 13.0. The van der Waals surface area contributed by atoms with Gasteiger partial charge in [0.15, 0.2) is 0 Å². The number of aliphatic imine (C=N–C) groups is 1. The molecular formula is C19H27NO. The van der Waals surface area contributed by atoms with Crippen LogP contribution in [0.25, 0.3) is 0 Å². The summed E-state index contributed by atoms with van der Waals surface area (Å²) in [5.74, 6) is 0. The zero-order chi connectivity index (χ0) is 15.2. The summed E-state index contributed by atoms with van der Waals surface area (Å²) in [5.41, 5.74) is 1.20. The van der Waals surface area contributed by atoms with E-state index in [9.17, 15) is 5.11 Å². The Kier molecular flexibility index (Phi) is 10.0. The number of unbranched alkanes of at least 4 members (excludes halogenated alkanes) is 3. The summed E-state index contributed by atoms with van der Waals surface area (Å²) in [5, 5.41) is 9.36. The number of allylic oxidation sites excluding steroid dienone is 4. The second-order valence-electron chi connectivity index (χ2n) is 5.13. The van der Waals surface area contributed by atoms with Crippen molar-refractivity contribution in [1.82, 2.24) is 0 Å². The lowest BCUT2D eigenvalue weighted by Crippen LogP contribution is -2.13. The van der Waals surface area contributed by atoms with Gasteiger partial charge in [-0.05, 0) is 30.9 Å². The molecule has 1 rings (SSSR count). The number of benzene rings is 1. The molecule has 2 heteroatoms. The lowest BCUT2D eigenvalue weighted by molar-refractivity contribution is 0.266. The van der Waals surface area contributed by atoms with Gasteiger partial charge in [0.1, 0.15) is 0 Å². The van der Waals surface area contributed by atoms with Crippen molar-refractivity contribution in [2.24, 2.45) is 4.99 Å². The second kappa shape index (κ2) is 12.1. The molecule has 0 aliphatic rings. The van der Waals surface area contributed by atoms with Crippen LogP contribution in [0.1, 0.15) is 38.2 Å². The SMILES string of the molecule is CCCCC/C=C/C=C/C=N[C@H](CO)Cc1ccccc1. The van der Waals surface area contributed by atoms with Crippen LogP contribution in [0.4, 0.5) is 0 Å². The van der Waals surface area contributed by atoms with Gasteiger partial charge in [-0.2, -0.15) is 0 Å². The van der Waals surface area contributed by atoms with Crippen LogP contribution in [0.2, 0.25) is 0 Å². The van der Waals surface area contributed by atoms with Crippen molar-refractivity contribution in [1.29, 1.82) is 0 Å². The number of rotatable bonds is 10. The van der Waals surface area contributed by atoms with Crippen LogP contribution in [-0.2, 0) is 6.42 Å². The second-order valence-corrected chi connectivity index (χ2v) is 5.13. The normalized spacial score (nSPS) is 13.6. The molecule has 0 bridgehead atoms. The molecule has 0 saturated heterocycles. The monoisotopic (exact) mass is 285 g/mol. The summed E-state index contributed by atoms with van der Waals surface area (Å²) < 4.78 is 0. The van der Waals surface area contributed by atoms with E-state index in [4.69, 9.17) is 0 Å². The van der Waals surface area contributed by atoms with E-state index >= 15 is 0 Å². The average Bonchev–Trinajstić information content (AvgIpc) is 2.53. The minimum absolute atomic E-state index is 0.0643. The molecule has 1 N–H and O–H groups in total. The molecule has 21 heavy (non-hydrogen) atoms. The Labute approximate surface area is 128 Å². The third kappa shape index (κ3) is 8.98. The minimum atomic E-state index is -0.0643. The third-order valence-corrected chi connectivity index (χ3v) is 3.24. The fourth-order valence-electron chi connectivity index (χ4n) is 2.02. The number of aliphatic hydroxyl groups excluding tert-OH is 1. The van der Waals surface area contributed by atoms with Crippen molar-refractivity contribution in [2.45, 2.75) is 45.1 Å². The Balaban J connectivity index is 2.29. The van der Waals surface area contributed by atoms with Crippen molar-refractivity contribution in [3.05, 3.63) is 60.2 Å². The highest BCUT2D eigenvalue weighted by Crippen LogP contribution is 2.05. The van der Waals surface area contributed by atoms with Crippen LogP contribution in [0.3, 0.4) is 0 Å². The summed E-state index contributed by atoms with van der Waals surface area (Å²) in [6, 6.07) is 10.1. The first kappa shape index (κ1) is 17.4. The summed E-state index contributed by atoms with van der Waals surface area (Å²) in [6.45, 7) is 2.29. The van der Waals surface area contributed by atoms with Crippen molar-refractivity contribution in [3.63, 3.8) is 0 Å². The Morgan fingerprint density at radius 1 is 1.10 bits per heavy atom. The average molecular weight is 285 g/mol. The minimum Gasteiger partial charge on any atom is -0.394 e. The van der Waals surface area contributed by atoms with Gasteiger partial charge >= 0.3 is 0 Å². The molecule has 114 valence electrons. The van der Waals surface area contributed by atoms with E-state index in [1.54, 1.807) is 6.21 Å². The molecule has 0 fully saturated rings. The Morgan fingerprint density at radius 2 is 1.90 bits per heavy atom. The van der Waals surface area contributed by atoms with E-state index in [1.165, 1.54) is 24.8 Å². The van der Waals surface area contributed by atoms with Crippen molar-refractivity contribution in [2.75, 3.05) is 6.61 Å². The molecule has 0 aliphatic heterocycles. The van der Waals surface area contributed by atoms with Gasteiger partial charge in [0.25, 0.3) is 0 Å². The lowest BCUT2D eigenvalue weighted by Gasteiger charge is -2.08. The van der Waals surface area contributed by atoms with Gasteiger partial charge in [0.05, 0.1) is 12.6 Å². The van der Waals surface area contributed by atoms with Crippen LogP contribution in [0.5, 0.6) is 0 Å². The zero-order valence-corrected chi connectivity index (χ0v) is 13.0. The predicted molar refractivity (Wildman–Crippen MR) is 91.9 cm³/mol. The highest BCUT2D eigenvalue weighted by atomic mass is 16.3. The van der Waals surface area contributed by atoms with Crippen LogP contribution in [-0.4, -0.2) is 24.0 Å². The van der Waals surface area contributed by atoms with E-state index in [0.29, 0.717) is 0 Å². The Morgan fingerprint density at radius 3 is 2.62 bits per heavy atom. The number of hydrogen-bond donors (Lipinski definition) is 1. The fraction of sp³-hybridized carbons (Fsp3) is 0.421. The smallest absolute Gasteiger partial charge is 0.0770 e. The van der Waals surface area contributed by atoms with Gasteiger partial charge < -0.3 is 5.11 Å². The van der Waals surface area contributed by atoms with Crippen LogP contribution in [0, 0.1) is 0 Å². The lowest BCUT2D eigenvalue weighted by atomic mass is 10.1. The van der Waals surface area contributed by atoms with E-state index in [2.05, 4.69) is 36.2 Å². The molecule has 2 nitrogen and oxygen atoms in total. The molecule has 0 radical (unpaired) electrons. The topological polar surface area (TPSA) is 32.6 Å². The van der Waals surface area contributed by atoms with Crippen LogP contribution < -0.4 is 0 Å². The molecule has 0 saturated carbocycles. The molecule has 0 spiro atoms. The maximum atomic E-state index is 9.36. The first-order chi connectivity index (χ1) is 10.4. The maximum Gasteiger partial charge on any atom is 0.0770 e. The maximum absolute atomic E-state index is 9.36. The van der Waals surface area contributed by atoms with Crippen molar-refractivity contribution < 1.29 is 5.11 Å². The summed E-state index contributed by atoms with van der Waals surface area (Å²) in [4.78, 5) is 4.39. The van der Waals surface area contributed by atoms with Crippen molar-refractivity contribution in [3.8, 4) is 0 Å². The van der Waals surface area contributed by atoms with Gasteiger partial charge in [-0.25, -0.2) is 0 Å². The molecule has 1 aromatic carbocycles. The number of nitrogens with zero attached hydrogens (tertiary/aromatic N) is 1. The molecule has 0 aliphatic carbocycles. The molecule has 0 heterocycles. The first-order valence-electron chi connectivity index (χ1n) is 7.86. The van der Waals surface area contributed by atoms with E-state index < -0.39 is 0 Å². The first-order valence-corrected chi connectivity index (χ1v) is 7.86. The highest BCUT2D eigenvalue weighted by Gasteiger charge is 2.04. The van der Waals surface area contributed by atoms with E-state index in [-0.39, 0.29) is 12.6 Å².